The van der Waals surface area contributed by atoms with Gasteiger partial charge in [0.2, 0.25) is 0 Å². The zero-order valence-corrected chi connectivity index (χ0v) is 19.6. The van der Waals surface area contributed by atoms with Gasteiger partial charge in [0.15, 0.2) is 0 Å². The normalized spacial score (nSPS) is 10.8. The molecule has 0 heterocycles. The lowest BCUT2D eigenvalue weighted by atomic mass is 10.1. The molecule has 7 nitrogen and oxygen atoms in total. The minimum absolute atomic E-state index is 0.148. The molecule has 0 unspecified atom stereocenters. The van der Waals surface area contributed by atoms with Gasteiger partial charge in [-0.15, -0.1) is 0 Å². The van der Waals surface area contributed by atoms with Gasteiger partial charge in [0.05, 0.1) is 9.40 Å². The molecule has 0 fully saturated rings. The van der Waals surface area contributed by atoms with Crippen LogP contribution in [0.25, 0.3) is 6.08 Å². The molecule has 0 saturated carbocycles. The molecule has 0 aliphatic heterocycles. The van der Waals surface area contributed by atoms with Gasteiger partial charge in [0.25, 0.3) is 11.6 Å². The highest BCUT2D eigenvalue weighted by Crippen LogP contribution is 2.29. The van der Waals surface area contributed by atoms with E-state index in [2.05, 4.69) is 37.2 Å². The van der Waals surface area contributed by atoms with E-state index < -0.39 is 10.8 Å². The number of nitriles is 1. The summed E-state index contributed by atoms with van der Waals surface area (Å²) in [7, 11) is 0. The number of amides is 1. The minimum atomic E-state index is -0.668. The van der Waals surface area contributed by atoms with Gasteiger partial charge in [-0.2, -0.15) is 5.26 Å². The molecule has 0 aliphatic carbocycles. The van der Waals surface area contributed by atoms with Crippen molar-refractivity contribution in [2.75, 3.05) is 5.32 Å². The standard InChI is InChI=1S/C23H15Br2N3O4/c24-20-7-2-1-4-16(20)14-32-22-9-8-15(11-21(22)25)10-17(13-26)23(29)27-18-5-3-6-19(12-18)28(30)31/h1-12H,14H2,(H,27,29)/b17-10+. The molecule has 0 atom stereocenters. The molecule has 9 heteroatoms. The number of anilines is 1. The molecule has 0 aromatic heterocycles. The van der Waals surface area contributed by atoms with E-state index in [1.807, 2.05) is 30.3 Å². The molecule has 160 valence electrons. The number of ether oxygens (including phenoxy) is 1. The van der Waals surface area contributed by atoms with Crippen molar-refractivity contribution >= 4 is 55.2 Å². The molecule has 32 heavy (non-hydrogen) atoms. The van der Waals surface area contributed by atoms with E-state index in [-0.39, 0.29) is 16.9 Å². The summed E-state index contributed by atoms with van der Waals surface area (Å²) in [6.07, 6.45) is 1.43. The Labute approximate surface area is 200 Å². The predicted molar refractivity (Wildman–Crippen MR) is 128 cm³/mol. The fraction of sp³-hybridized carbons (Fsp3) is 0.0435. The van der Waals surface area contributed by atoms with Gasteiger partial charge in [-0.3, -0.25) is 14.9 Å². The van der Waals surface area contributed by atoms with Gasteiger partial charge in [0, 0.05) is 27.9 Å². The molecule has 0 radical (unpaired) electrons. The van der Waals surface area contributed by atoms with Crippen LogP contribution in [0.5, 0.6) is 5.75 Å². The Kier molecular flexibility index (Phi) is 7.76. The van der Waals surface area contributed by atoms with Crippen molar-refractivity contribution in [3.05, 3.63) is 102 Å². The number of nitrogens with zero attached hydrogens (tertiary/aromatic N) is 2. The fourth-order valence-corrected chi connectivity index (χ4v) is 3.62. The smallest absolute Gasteiger partial charge is 0.271 e. The van der Waals surface area contributed by atoms with Crippen LogP contribution in [0.4, 0.5) is 11.4 Å². The molecular formula is C23H15Br2N3O4. The maximum atomic E-state index is 12.5. The molecular weight excluding hydrogens is 542 g/mol. The van der Waals surface area contributed by atoms with Gasteiger partial charge >= 0.3 is 0 Å². The monoisotopic (exact) mass is 555 g/mol. The lowest BCUT2D eigenvalue weighted by Gasteiger charge is -2.10. The number of carbonyl (C=O) groups excluding carboxylic acids is 1. The topological polar surface area (TPSA) is 105 Å². The van der Waals surface area contributed by atoms with Crippen molar-refractivity contribution in [2.45, 2.75) is 6.61 Å². The average molecular weight is 557 g/mol. The molecule has 1 N–H and O–H groups in total. The Morgan fingerprint density at radius 3 is 2.56 bits per heavy atom. The maximum absolute atomic E-state index is 12.5. The molecule has 0 aliphatic rings. The summed E-state index contributed by atoms with van der Waals surface area (Å²) in [6, 6.07) is 20.3. The number of carbonyl (C=O) groups is 1. The van der Waals surface area contributed by atoms with Crippen molar-refractivity contribution in [3.8, 4) is 11.8 Å². The lowest BCUT2D eigenvalue weighted by Crippen LogP contribution is -2.13. The number of hydrogen-bond donors (Lipinski definition) is 1. The Hall–Kier alpha value is -3.48. The first-order valence-electron chi connectivity index (χ1n) is 9.20. The van der Waals surface area contributed by atoms with Crippen molar-refractivity contribution in [3.63, 3.8) is 0 Å². The number of nitro benzene ring substituents is 1. The van der Waals surface area contributed by atoms with Crippen LogP contribution < -0.4 is 10.1 Å². The predicted octanol–water partition coefficient (Wildman–Crippen LogP) is 6.24. The number of non-ortho nitro benzene ring substituents is 1. The summed E-state index contributed by atoms with van der Waals surface area (Å²) in [5.74, 6) is -0.0594. The zero-order valence-electron chi connectivity index (χ0n) is 16.4. The van der Waals surface area contributed by atoms with E-state index in [9.17, 15) is 20.2 Å². The van der Waals surface area contributed by atoms with E-state index in [4.69, 9.17) is 4.74 Å². The second-order valence-corrected chi connectivity index (χ2v) is 8.21. The molecule has 1 amide bonds. The first-order chi connectivity index (χ1) is 15.4. The summed E-state index contributed by atoms with van der Waals surface area (Å²) < 4.78 is 7.46. The van der Waals surface area contributed by atoms with E-state index in [1.54, 1.807) is 18.2 Å². The fourth-order valence-electron chi connectivity index (χ4n) is 2.71. The van der Waals surface area contributed by atoms with Crippen LogP contribution in [0.15, 0.2) is 81.2 Å². The Morgan fingerprint density at radius 1 is 1.09 bits per heavy atom. The highest BCUT2D eigenvalue weighted by atomic mass is 79.9. The summed E-state index contributed by atoms with van der Waals surface area (Å²) >= 11 is 6.93. The third-order valence-electron chi connectivity index (χ3n) is 4.29. The van der Waals surface area contributed by atoms with Crippen LogP contribution in [-0.4, -0.2) is 10.8 Å². The van der Waals surface area contributed by atoms with Crippen molar-refractivity contribution in [1.82, 2.24) is 0 Å². The van der Waals surface area contributed by atoms with Crippen molar-refractivity contribution < 1.29 is 14.5 Å². The minimum Gasteiger partial charge on any atom is -0.488 e. The highest BCUT2D eigenvalue weighted by molar-refractivity contribution is 9.10. The number of benzene rings is 3. The maximum Gasteiger partial charge on any atom is 0.271 e. The number of nitrogens with one attached hydrogen (secondary N) is 1. The summed E-state index contributed by atoms with van der Waals surface area (Å²) in [6.45, 7) is 0.365. The average Bonchev–Trinajstić information content (AvgIpc) is 2.78. The van der Waals surface area contributed by atoms with Gasteiger partial charge in [0.1, 0.15) is 24.0 Å². The van der Waals surface area contributed by atoms with Gasteiger partial charge in [-0.05, 0) is 51.8 Å². The largest absolute Gasteiger partial charge is 0.488 e. The van der Waals surface area contributed by atoms with Crippen LogP contribution in [0.1, 0.15) is 11.1 Å². The third-order valence-corrected chi connectivity index (χ3v) is 5.68. The number of nitro groups is 1. The summed E-state index contributed by atoms with van der Waals surface area (Å²) in [4.78, 5) is 22.8. The zero-order chi connectivity index (χ0) is 23.1. The van der Waals surface area contributed by atoms with Gasteiger partial charge in [-0.1, -0.05) is 46.3 Å². The third kappa shape index (κ3) is 6.03. The van der Waals surface area contributed by atoms with Crippen molar-refractivity contribution in [1.29, 1.82) is 5.26 Å². The number of rotatable bonds is 7. The molecule has 3 rings (SSSR count). The number of hydrogen-bond acceptors (Lipinski definition) is 5. The van der Waals surface area contributed by atoms with Crippen LogP contribution >= 0.6 is 31.9 Å². The summed E-state index contributed by atoms with van der Waals surface area (Å²) in [5, 5.41) is 22.8. The van der Waals surface area contributed by atoms with E-state index >= 15 is 0 Å². The second-order valence-electron chi connectivity index (χ2n) is 6.50. The van der Waals surface area contributed by atoms with Gasteiger partial charge in [-0.25, -0.2) is 0 Å². The quantitative estimate of drug-likeness (QED) is 0.160. The first kappa shape index (κ1) is 23.2. The summed E-state index contributed by atoms with van der Waals surface area (Å²) in [5.41, 5.74) is 1.52. The first-order valence-corrected chi connectivity index (χ1v) is 10.8. The molecule has 3 aromatic carbocycles. The molecule has 3 aromatic rings. The Bertz CT molecular complexity index is 1250. The molecule has 0 bridgehead atoms. The Morgan fingerprint density at radius 2 is 1.88 bits per heavy atom. The SMILES string of the molecule is N#C/C(=C\c1ccc(OCc2ccccc2Br)c(Br)c1)C(=O)Nc1cccc([N+](=O)[O-])c1. The highest BCUT2D eigenvalue weighted by Gasteiger charge is 2.13. The van der Waals surface area contributed by atoms with Crippen LogP contribution in [0.2, 0.25) is 0 Å². The van der Waals surface area contributed by atoms with E-state index in [0.29, 0.717) is 22.4 Å². The van der Waals surface area contributed by atoms with E-state index in [1.165, 1.54) is 30.3 Å². The van der Waals surface area contributed by atoms with Gasteiger partial charge < -0.3 is 10.1 Å². The van der Waals surface area contributed by atoms with Crippen LogP contribution in [0.3, 0.4) is 0 Å². The lowest BCUT2D eigenvalue weighted by molar-refractivity contribution is -0.384. The molecule has 0 saturated heterocycles. The van der Waals surface area contributed by atoms with Crippen molar-refractivity contribution in [2.24, 2.45) is 0 Å². The second kappa shape index (κ2) is 10.7. The van der Waals surface area contributed by atoms with E-state index in [0.717, 1.165) is 10.0 Å². The number of halogens is 2. The van der Waals surface area contributed by atoms with Crippen LogP contribution in [0, 0.1) is 21.4 Å². The molecule has 0 spiro atoms. The Balaban J connectivity index is 1.73. The van der Waals surface area contributed by atoms with Crippen LogP contribution in [-0.2, 0) is 11.4 Å².